The molecule has 0 radical (unpaired) electrons. The van der Waals surface area contributed by atoms with Crippen molar-refractivity contribution in [2.24, 2.45) is 0 Å². The Balaban J connectivity index is 1.96. The molecule has 1 amide bonds. The van der Waals surface area contributed by atoms with E-state index in [2.05, 4.69) is 0 Å². The lowest BCUT2D eigenvalue weighted by molar-refractivity contribution is 0.0892. The van der Waals surface area contributed by atoms with E-state index in [1.54, 1.807) is 17.0 Å². The van der Waals surface area contributed by atoms with Crippen LogP contribution in [-0.4, -0.2) is 35.3 Å². The molecule has 0 bridgehead atoms. The van der Waals surface area contributed by atoms with Crippen LogP contribution in [0.4, 0.5) is 4.79 Å². The number of para-hydroxylation sites is 1. The summed E-state index contributed by atoms with van der Waals surface area (Å²) in [6.07, 6.45) is 2.79. The summed E-state index contributed by atoms with van der Waals surface area (Å²) in [5, 5.41) is 8.97. The first-order valence-electron chi connectivity index (χ1n) is 5.95. The predicted molar refractivity (Wildman–Crippen MR) is 63.9 cm³/mol. The van der Waals surface area contributed by atoms with Gasteiger partial charge < -0.3 is 14.7 Å². The third kappa shape index (κ3) is 2.97. The molecule has 0 aliphatic heterocycles. The normalized spacial score (nSPS) is 15.1. The Kier molecular flexibility index (Phi) is 3.98. The molecule has 92 valence electrons. The maximum Gasteiger partial charge on any atom is 0.415 e. The summed E-state index contributed by atoms with van der Waals surface area (Å²) < 4.78 is 5.26. The van der Waals surface area contributed by atoms with Crippen molar-refractivity contribution in [3.05, 3.63) is 30.3 Å². The molecule has 1 aromatic rings. The van der Waals surface area contributed by atoms with Crippen molar-refractivity contribution in [3.63, 3.8) is 0 Å². The summed E-state index contributed by atoms with van der Waals surface area (Å²) in [5.41, 5.74) is 0. The molecular formula is C13H17NO3. The van der Waals surface area contributed by atoms with Crippen LogP contribution in [0.2, 0.25) is 0 Å². The van der Waals surface area contributed by atoms with Gasteiger partial charge in [-0.05, 0) is 31.4 Å². The third-order valence-corrected chi connectivity index (χ3v) is 3.04. The predicted octanol–water partition coefficient (Wildman–Crippen LogP) is 2.03. The highest BCUT2D eigenvalue weighted by molar-refractivity contribution is 5.71. The van der Waals surface area contributed by atoms with E-state index < -0.39 is 0 Å². The zero-order valence-corrected chi connectivity index (χ0v) is 9.71. The molecule has 4 heteroatoms. The summed E-state index contributed by atoms with van der Waals surface area (Å²) >= 11 is 0. The molecule has 0 spiro atoms. The van der Waals surface area contributed by atoms with Crippen LogP contribution in [0, 0.1) is 0 Å². The van der Waals surface area contributed by atoms with E-state index in [1.807, 2.05) is 18.2 Å². The van der Waals surface area contributed by atoms with Crippen molar-refractivity contribution in [2.75, 3.05) is 13.2 Å². The second-order valence-electron chi connectivity index (χ2n) is 4.18. The summed E-state index contributed by atoms with van der Waals surface area (Å²) in [6.45, 7) is 0.316. The molecule has 1 saturated carbocycles. The number of benzene rings is 1. The van der Waals surface area contributed by atoms with Gasteiger partial charge in [0.25, 0.3) is 0 Å². The third-order valence-electron chi connectivity index (χ3n) is 3.04. The smallest absolute Gasteiger partial charge is 0.410 e. The van der Waals surface area contributed by atoms with E-state index >= 15 is 0 Å². The quantitative estimate of drug-likeness (QED) is 0.868. The molecule has 0 heterocycles. The maximum atomic E-state index is 11.9. The number of nitrogens with zero attached hydrogens (tertiary/aromatic N) is 1. The first-order chi connectivity index (χ1) is 8.31. The van der Waals surface area contributed by atoms with Gasteiger partial charge in [-0.3, -0.25) is 0 Å². The maximum absolute atomic E-state index is 11.9. The first kappa shape index (κ1) is 11.9. The van der Waals surface area contributed by atoms with Crippen LogP contribution in [0.1, 0.15) is 19.3 Å². The number of hydrogen-bond donors (Lipinski definition) is 1. The van der Waals surface area contributed by atoms with Gasteiger partial charge in [0.1, 0.15) is 5.75 Å². The second-order valence-corrected chi connectivity index (χ2v) is 4.18. The van der Waals surface area contributed by atoms with Crippen molar-refractivity contribution in [1.29, 1.82) is 0 Å². The Morgan fingerprint density at radius 1 is 1.35 bits per heavy atom. The Morgan fingerprint density at radius 3 is 2.59 bits per heavy atom. The van der Waals surface area contributed by atoms with Crippen LogP contribution in [0.25, 0.3) is 0 Å². The zero-order chi connectivity index (χ0) is 12.1. The van der Waals surface area contributed by atoms with E-state index in [0.29, 0.717) is 12.3 Å². The van der Waals surface area contributed by atoms with E-state index in [1.165, 1.54) is 0 Å². The number of amides is 1. The number of rotatable bonds is 4. The van der Waals surface area contributed by atoms with Gasteiger partial charge in [0.05, 0.1) is 6.61 Å². The molecule has 2 rings (SSSR count). The Morgan fingerprint density at radius 2 is 2.06 bits per heavy atom. The van der Waals surface area contributed by atoms with Gasteiger partial charge in [0.15, 0.2) is 0 Å². The van der Waals surface area contributed by atoms with Gasteiger partial charge in [-0.25, -0.2) is 4.79 Å². The first-order valence-corrected chi connectivity index (χ1v) is 5.95. The largest absolute Gasteiger partial charge is 0.415 e. The molecule has 1 aromatic carbocycles. The van der Waals surface area contributed by atoms with Gasteiger partial charge in [-0.2, -0.15) is 0 Å². The molecule has 1 N–H and O–H groups in total. The molecule has 0 atom stereocenters. The molecule has 0 saturated heterocycles. The fraction of sp³-hybridized carbons (Fsp3) is 0.462. The minimum Gasteiger partial charge on any atom is -0.410 e. The molecular weight excluding hydrogens is 218 g/mol. The van der Waals surface area contributed by atoms with Crippen molar-refractivity contribution in [2.45, 2.75) is 25.3 Å². The topological polar surface area (TPSA) is 49.8 Å². The van der Waals surface area contributed by atoms with Crippen molar-refractivity contribution in [1.82, 2.24) is 4.90 Å². The number of hydrogen-bond acceptors (Lipinski definition) is 3. The highest BCUT2D eigenvalue weighted by atomic mass is 16.6. The van der Waals surface area contributed by atoms with Crippen LogP contribution < -0.4 is 4.74 Å². The van der Waals surface area contributed by atoms with E-state index in [0.717, 1.165) is 19.3 Å². The van der Waals surface area contributed by atoms with Crippen molar-refractivity contribution < 1.29 is 14.6 Å². The number of carbonyl (C=O) groups is 1. The average molecular weight is 235 g/mol. The van der Waals surface area contributed by atoms with Gasteiger partial charge in [-0.1, -0.05) is 18.2 Å². The number of aliphatic hydroxyl groups is 1. The number of carbonyl (C=O) groups excluding carboxylic acids is 1. The molecule has 0 aromatic heterocycles. The number of aliphatic hydroxyl groups excluding tert-OH is 1. The summed E-state index contributed by atoms with van der Waals surface area (Å²) in [6, 6.07) is 9.24. The van der Waals surface area contributed by atoms with Gasteiger partial charge in [0.2, 0.25) is 0 Å². The van der Waals surface area contributed by atoms with Gasteiger partial charge in [0, 0.05) is 12.6 Å². The molecule has 0 unspecified atom stereocenters. The molecule has 1 fully saturated rings. The Hall–Kier alpha value is -1.55. The lowest BCUT2D eigenvalue weighted by Crippen LogP contribution is -2.46. The Bertz CT molecular complexity index is 362. The summed E-state index contributed by atoms with van der Waals surface area (Å²) in [4.78, 5) is 13.6. The summed E-state index contributed by atoms with van der Waals surface area (Å²) in [7, 11) is 0. The van der Waals surface area contributed by atoms with Crippen LogP contribution in [0.5, 0.6) is 5.75 Å². The SMILES string of the molecule is O=C(Oc1ccccc1)N(CCO)C1CCC1. The summed E-state index contributed by atoms with van der Waals surface area (Å²) in [5.74, 6) is 0.541. The van der Waals surface area contributed by atoms with Crippen molar-refractivity contribution in [3.8, 4) is 5.75 Å². The minimum absolute atomic E-state index is 0.0274. The lowest BCUT2D eigenvalue weighted by atomic mass is 9.92. The van der Waals surface area contributed by atoms with E-state index in [4.69, 9.17) is 9.84 Å². The minimum atomic E-state index is -0.366. The standard InChI is InChI=1S/C13H17NO3/c15-10-9-14(11-5-4-6-11)13(16)17-12-7-2-1-3-8-12/h1-3,7-8,11,15H,4-6,9-10H2. The van der Waals surface area contributed by atoms with Gasteiger partial charge in [-0.15, -0.1) is 0 Å². The fourth-order valence-electron chi connectivity index (χ4n) is 1.88. The molecule has 17 heavy (non-hydrogen) atoms. The van der Waals surface area contributed by atoms with Crippen LogP contribution in [0.15, 0.2) is 30.3 Å². The average Bonchev–Trinajstić information content (AvgIpc) is 2.27. The van der Waals surface area contributed by atoms with E-state index in [-0.39, 0.29) is 18.7 Å². The molecule has 1 aliphatic carbocycles. The van der Waals surface area contributed by atoms with E-state index in [9.17, 15) is 4.79 Å². The van der Waals surface area contributed by atoms with Crippen LogP contribution in [-0.2, 0) is 0 Å². The van der Waals surface area contributed by atoms with Crippen molar-refractivity contribution >= 4 is 6.09 Å². The lowest BCUT2D eigenvalue weighted by Gasteiger charge is -2.36. The van der Waals surface area contributed by atoms with Crippen LogP contribution in [0.3, 0.4) is 0 Å². The highest BCUT2D eigenvalue weighted by Crippen LogP contribution is 2.25. The fourth-order valence-corrected chi connectivity index (χ4v) is 1.88. The number of ether oxygens (including phenoxy) is 1. The van der Waals surface area contributed by atoms with Gasteiger partial charge >= 0.3 is 6.09 Å². The molecule has 1 aliphatic rings. The Labute approximate surface area is 101 Å². The monoisotopic (exact) mass is 235 g/mol. The highest BCUT2D eigenvalue weighted by Gasteiger charge is 2.29. The molecule has 4 nitrogen and oxygen atoms in total. The zero-order valence-electron chi connectivity index (χ0n) is 9.71. The second kappa shape index (κ2) is 5.68. The van der Waals surface area contributed by atoms with Crippen LogP contribution >= 0.6 is 0 Å².